The number of amidine groups is 1. The number of carbonyl (C=O) groups is 1. The molecule has 8 heteroatoms. The van der Waals surface area contributed by atoms with Gasteiger partial charge in [0.15, 0.2) is 0 Å². The number of carbonyl (C=O) groups excluding carboxylic acids is 1. The van der Waals surface area contributed by atoms with Crippen molar-refractivity contribution in [3.8, 4) is 11.1 Å². The maximum Gasteiger partial charge on any atom is 0.354 e. The molecule has 3 aromatic rings. The first-order valence-corrected chi connectivity index (χ1v) is 10.9. The SMILES string of the molecule is CS(=O)(=O)OC(=O)c1c(CNc2ccc(C(=N)N)cc2)cccc1-c1ccccc1. The highest BCUT2D eigenvalue weighted by Gasteiger charge is 2.22. The maximum atomic E-state index is 12.7. The zero-order valence-electron chi connectivity index (χ0n) is 16.3. The van der Waals surface area contributed by atoms with Gasteiger partial charge in [-0.25, -0.2) is 4.79 Å². The quantitative estimate of drug-likeness (QED) is 0.304. The number of hydrogen-bond donors (Lipinski definition) is 3. The average molecular weight is 423 g/mol. The number of nitrogen functional groups attached to an aromatic ring is 1. The summed E-state index contributed by atoms with van der Waals surface area (Å²) in [5.74, 6) is -0.955. The molecular formula is C22H21N3O4S. The molecular weight excluding hydrogens is 402 g/mol. The van der Waals surface area contributed by atoms with E-state index in [4.69, 9.17) is 11.1 Å². The molecule has 0 aliphatic rings. The summed E-state index contributed by atoms with van der Waals surface area (Å²) in [6.07, 6.45) is 0.838. The van der Waals surface area contributed by atoms with Gasteiger partial charge < -0.3 is 15.2 Å². The van der Waals surface area contributed by atoms with Crippen LogP contribution in [0.1, 0.15) is 21.5 Å². The third-order valence-electron chi connectivity index (χ3n) is 4.35. The van der Waals surface area contributed by atoms with Crippen LogP contribution in [0.15, 0.2) is 72.8 Å². The van der Waals surface area contributed by atoms with Gasteiger partial charge in [-0.15, -0.1) is 0 Å². The largest absolute Gasteiger partial charge is 0.384 e. The van der Waals surface area contributed by atoms with E-state index in [-0.39, 0.29) is 17.9 Å². The Balaban J connectivity index is 1.96. The van der Waals surface area contributed by atoms with Gasteiger partial charge in [0.2, 0.25) is 0 Å². The number of anilines is 1. The molecule has 0 fully saturated rings. The Bertz CT molecular complexity index is 1170. The molecule has 154 valence electrons. The van der Waals surface area contributed by atoms with E-state index in [1.165, 1.54) is 0 Å². The Morgan fingerprint density at radius 3 is 2.27 bits per heavy atom. The van der Waals surface area contributed by atoms with E-state index in [1.54, 1.807) is 42.5 Å². The number of nitrogens with two attached hydrogens (primary N) is 1. The Kier molecular flexibility index (Phi) is 6.17. The van der Waals surface area contributed by atoms with E-state index >= 15 is 0 Å². The fourth-order valence-corrected chi connectivity index (χ4v) is 3.35. The fourth-order valence-electron chi connectivity index (χ4n) is 2.99. The predicted molar refractivity (Wildman–Crippen MR) is 117 cm³/mol. The van der Waals surface area contributed by atoms with Crippen LogP contribution in [0.5, 0.6) is 0 Å². The molecule has 3 rings (SSSR count). The normalized spacial score (nSPS) is 11.0. The summed E-state index contributed by atoms with van der Waals surface area (Å²) < 4.78 is 27.8. The molecule has 0 unspecified atom stereocenters. The Morgan fingerprint density at radius 1 is 1.00 bits per heavy atom. The van der Waals surface area contributed by atoms with Crippen LogP contribution < -0.4 is 11.1 Å². The van der Waals surface area contributed by atoms with E-state index in [2.05, 4.69) is 9.50 Å². The van der Waals surface area contributed by atoms with Gasteiger partial charge in [0, 0.05) is 17.8 Å². The molecule has 0 radical (unpaired) electrons. The summed E-state index contributed by atoms with van der Waals surface area (Å²) in [6.45, 7) is 0.258. The van der Waals surface area contributed by atoms with Crippen molar-refractivity contribution in [3.05, 3.63) is 89.5 Å². The van der Waals surface area contributed by atoms with Gasteiger partial charge in [0.05, 0.1) is 11.8 Å². The lowest BCUT2D eigenvalue weighted by atomic mass is 9.95. The minimum Gasteiger partial charge on any atom is -0.384 e. The fraction of sp³-hybridized carbons (Fsp3) is 0.0909. The van der Waals surface area contributed by atoms with Gasteiger partial charge in [-0.1, -0.05) is 48.5 Å². The molecule has 3 aromatic carbocycles. The molecule has 0 spiro atoms. The average Bonchev–Trinajstić information content (AvgIpc) is 2.71. The number of benzene rings is 3. The number of rotatable bonds is 7. The molecule has 4 N–H and O–H groups in total. The van der Waals surface area contributed by atoms with Crippen LogP contribution in [-0.4, -0.2) is 26.5 Å². The number of nitrogens with one attached hydrogen (secondary N) is 2. The third-order valence-corrected chi connectivity index (χ3v) is 4.80. The van der Waals surface area contributed by atoms with Gasteiger partial charge >= 0.3 is 16.1 Å². The minimum atomic E-state index is -3.97. The van der Waals surface area contributed by atoms with Crippen LogP contribution in [0.3, 0.4) is 0 Å². The molecule has 0 heterocycles. The van der Waals surface area contributed by atoms with Crippen molar-refractivity contribution in [2.75, 3.05) is 11.6 Å². The summed E-state index contributed by atoms with van der Waals surface area (Å²) in [5.41, 5.74) is 8.94. The lowest BCUT2D eigenvalue weighted by Gasteiger charge is -2.15. The highest BCUT2D eigenvalue weighted by Crippen LogP contribution is 2.28. The molecule has 0 aliphatic heterocycles. The Morgan fingerprint density at radius 2 is 1.67 bits per heavy atom. The molecule has 0 amide bonds. The zero-order chi connectivity index (χ0) is 21.7. The summed E-state index contributed by atoms with van der Waals surface area (Å²) in [4.78, 5) is 12.7. The number of hydrogen-bond acceptors (Lipinski definition) is 6. The first kappa shape index (κ1) is 21.1. The molecule has 0 aromatic heterocycles. The molecule has 0 bridgehead atoms. The molecule has 0 saturated carbocycles. The van der Waals surface area contributed by atoms with E-state index in [0.717, 1.165) is 17.5 Å². The van der Waals surface area contributed by atoms with Crippen LogP contribution in [0.25, 0.3) is 11.1 Å². The van der Waals surface area contributed by atoms with Crippen molar-refractivity contribution in [3.63, 3.8) is 0 Å². The van der Waals surface area contributed by atoms with Crippen LogP contribution in [0.2, 0.25) is 0 Å². The van der Waals surface area contributed by atoms with E-state index < -0.39 is 16.1 Å². The summed E-state index contributed by atoms with van der Waals surface area (Å²) in [5, 5.41) is 10.6. The summed E-state index contributed by atoms with van der Waals surface area (Å²) >= 11 is 0. The van der Waals surface area contributed by atoms with E-state index in [9.17, 15) is 13.2 Å². The lowest BCUT2D eigenvalue weighted by molar-refractivity contribution is 0.0748. The Labute approximate surface area is 175 Å². The molecule has 0 saturated heterocycles. The highest BCUT2D eigenvalue weighted by atomic mass is 32.2. The molecule has 0 aliphatic carbocycles. The van der Waals surface area contributed by atoms with Crippen LogP contribution >= 0.6 is 0 Å². The van der Waals surface area contributed by atoms with Gasteiger partial charge in [-0.3, -0.25) is 5.41 Å². The molecule has 30 heavy (non-hydrogen) atoms. The summed E-state index contributed by atoms with van der Waals surface area (Å²) in [7, 11) is -3.97. The van der Waals surface area contributed by atoms with Crippen LogP contribution in [0.4, 0.5) is 5.69 Å². The predicted octanol–water partition coefficient (Wildman–Crippen LogP) is 3.37. The topological polar surface area (TPSA) is 122 Å². The van der Waals surface area contributed by atoms with Crippen molar-refractivity contribution < 1.29 is 17.4 Å². The third kappa shape index (κ3) is 5.24. The second kappa shape index (κ2) is 8.79. The van der Waals surface area contributed by atoms with Gasteiger partial charge in [-0.05, 0) is 41.0 Å². The van der Waals surface area contributed by atoms with Crippen molar-refractivity contribution in [1.29, 1.82) is 5.41 Å². The highest BCUT2D eigenvalue weighted by molar-refractivity contribution is 7.86. The van der Waals surface area contributed by atoms with Crippen LogP contribution in [0, 0.1) is 5.41 Å². The lowest BCUT2D eigenvalue weighted by Crippen LogP contribution is -2.16. The van der Waals surface area contributed by atoms with E-state index in [1.807, 2.05) is 30.3 Å². The first-order valence-electron chi connectivity index (χ1n) is 9.04. The van der Waals surface area contributed by atoms with Crippen LogP contribution in [-0.2, 0) is 20.8 Å². The van der Waals surface area contributed by atoms with Gasteiger partial charge in [-0.2, -0.15) is 8.42 Å². The minimum absolute atomic E-state index is 0.0251. The van der Waals surface area contributed by atoms with Crippen molar-refractivity contribution in [2.45, 2.75) is 6.54 Å². The smallest absolute Gasteiger partial charge is 0.354 e. The zero-order valence-corrected chi connectivity index (χ0v) is 17.1. The Hall–Kier alpha value is -3.65. The van der Waals surface area contributed by atoms with Crippen molar-refractivity contribution in [1.82, 2.24) is 0 Å². The maximum absolute atomic E-state index is 12.7. The monoisotopic (exact) mass is 423 g/mol. The van der Waals surface area contributed by atoms with Gasteiger partial charge in [0.25, 0.3) is 0 Å². The summed E-state index contributed by atoms with van der Waals surface area (Å²) in [6, 6.07) is 21.5. The van der Waals surface area contributed by atoms with Crippen molar-refractivity contribution in [2.24, 2.45) is 5.73 Å². The first-order chi connectivity index (χ1) is 14.2. The second-order valence-electron chi connectivity index (χ2n) is 6.63. The standard InChI is InChI=1S/C22H21N3O4S/c1-30(27,28)29-22(26)20-17(8-5-9-19(20)15-6-3-2-4-7-15)14-25-18-12-10-16(11-13-18)21(23)24/h2-13,25H,14H2,1H3,(H3,23,24). The van der Waals surface area contributed by atoms with Gasteiger partial charge in [0.1, 0.15) is 5.84 Å². The molecule has 7 nitrogen and oxygen atoms in total. The second-order valence-corrected chi connectivity index (χ2v) is 8.20. The van der Waals surface area contributed by atoms with Crippen molar-refractivity contribution >= 4 is 27.6 Å². The molecule has 0 atom stereocenters. The van der Waals surface area contributed by atoms with E-state index in [0.29, 0.717) is 16.7 Å².